The van der Waals surface area contributed by atoms with Gasteiger partial charge in [0.05, 0.1) is 20.9 Å². The minimum Gasteiger partial charge on any atom is -0.399 e. The molecular weight excluding hydrogens is 329 g/mol. The largest absolute Gasteiger partial charge is 0.399 e. The quantitative estimate of drug-likeness (QED) is 0.679. The van der Waals surface area contributed by atoms with Crippen LogP contribution in [0.1, 0.15) is 10.4 Å². The summed E-state index contributed by atoms with van der Waals surface area (Å²) in [6, 6.07) is 8.26. The smallest absolute Gasteiger partial charge is 0.255 e. The lowest BCUT2D eigenvalue weighted by Gasteiger charge is -2.09. The third-order valence-corrected chi connectivity index (χ3v) is 4.20. The molecule has 0 unspecified atom stereocenters. The fourth-order valence-electron chi connectivity index (χ4n) is 1.95. The summed E-state index contributed by atoms with van der Waals surface area (Å²) >= 11 is 13.5. The van der Waals surface area contributed by atoms with Crippen molar-refractivity contribution in [2.24, 2.45) is 0 Å². The van der Waals surface area contributed by atoms with Crippen LogP contribution in [0.25, 0.3) is 10.2 Å². The number of nitrogens with zero attached hydrogens (tertiary/aromatic N) is 1. The van der Waals surface area contributed by atoms with E-state index in [1.165, 1.54) is 11.3 Å². The zero-order valence-electron chi connectivity index (χ0n) is 10.6. The number of aromatic nitrogens is 1. The Morgan fingerprint density at radius 3 is 2.81 bits per heavy atom. The van der Waals surface area contributed by atoms with E-state index in [4.69, 9.17) is 28.9 Å². The second kappa shape index (κ2) is 5.52. The molecule has 21 heavy (non-hydrogen) atoms. The van der Waals surface area contributed by atoms with Crippen LogP contribution in [0.4, 0.5) is 11.4 Å². The number of carbonyl (C=O) groups excluding carboxylic acids is 1. The summed E-state index contributed by atoms with van der Waals surface area (Å²) in [6.07, 6.45) is 0. The molecule has 3 aromatic rings. The number of halogens is 2. The maximum atomic E-state index is 12.3. The van der Waals surface area contributed by atoms with Gasteiger partial charge >= 0.3 is 0 Å². The molecule has 1 heterocycles. The molecule has 3 N–H and O–H groups in total. The lowest BCUT2D eigenvalue weighted by molar-refractivity contribution is 0.102. The monoisotopic (exact) mass is 337 g/mol. The van der Waals surface area contributed by atoms with Crippen LogP contribution < -0.4 is 11.1 Å². The van der Waals surface area contributed by atoms with Gasteiger partial charge in [0.15, 0.2) is 0 Å². The Morgan fingerprint density at radius 1 is 1.24 bits per heavy atom. The number of benzene rings is 2. The van der Waals surface area contributed by atoms with Crippen molar-refractivity contribution in [2.45, 2.75) is 0 Å². The van der Waals surface area contributed by atoms with Gasteiger partial charge < -0.3 is 11.1 Å². The van der Waals surface area contributed by atoms with Crippen molar-refractivity contribution in [1.29, 1.82) is 0 Å². The highest BCUT2D eigenvalue weighted by molar-refractivity contribution is 7.16. The molecule has 0 bridgehead atoms. The summed E-state index contributed by atoms with van der Waals surface area (Å²) in [5.41, 5.74) is 9.33. The molecule has 0 saturated carbocycles. The van der Waals surface area contributed by atoms with Crippen molar-refractivity contribution in [2.75, 3.05) is 11.1 Å². The van der Waals surface area contributed by atoms with E-state index >= 15 is 0 Å². The first-order chi connectivity index (χ1) is 10.0. The number of anilines is 2. The van der Waals surface area contributed by atoms with Crippen LogP contribution in [-0.2, 0) is 0 Å². The number of carbonyl (C=O) groups is 1. The standard InChI is InChI=1S/C14H9Cl2N3OS/c15-8-3-7(4-9(17)5-8)14(20)19-12-10(16)1-2-11-13(12)18-6-21-11/h1-6H,17H2,(H,19,20). The van der Waals surface area contributed by atoms with Crippen LogP contribution in [0.15, 0.2) is 35.8 Å². The van der Waals surface area contributed by atoms with Gasteiger partial charge in [0.1, 0.15) is 5.52 Å². The molecule has 3 rings (SSSR count). The minimum atomic E-state index is -0.341. The molecule has 0 atom stereocenters. The number of rotatable bonds is 2. The highest BCUT2D eigenvalue weighted by Crippen LogP contribution is 2.32. The second-order valence-corrected chi connectivity index (χ2v) is 6.08. The molecule has 2 aromatic carbocycles. The molecule has 106 valence electrons. The van der Waals surface area contributed by atoms with Gasteiger partial charge in [-0.3, -0.25) is 4.79 Å². The van der Waals surface area contributed by atoms with E-state index in [-0.39, 0.29) is 5.91 Å². The van der Waals surface area contributed by atoms with Crippen molar-refractivity contribution in [1.82, 2.24) is 4.98 Å². The number of thiazole rings is 1. The Labute approximate surface area is 134 Å². The topological polar surface area (TPSA) is 68.0 Å². The van der Waals surface area contributed by atoms with Gasteiger partial charge in [-0.15, -0.1) is 11.3 Å². The van der Waals surface area contributed by atoms with Crippen molar-refractivity contribution >= 4 is 62.0 Å². The summed E-state index contributed by atoms with van der Waals surface area (Å²) in [6.45, 7) is 0. The number of hydrogen-bond donors (Lipinski definition) is 2. The Hall–Kier alpha value is -1.82. The summed E-state index contributed by atoms with van der Waals surface area (Å²) < 4.78 is 0.945. The van der Waals surface area contributed by atoms with Crippen molar-refractivity contribution in [3.05, 3.63) is 51.5 Å². The Balaban J connectivity index is 2.00. The third-order valence-electron chi connectivity index (χ3n) is 2.87. The molecule has 0 saturated heterocycles. The number of fused-ring (bicyclic) bond motifs is 1. The zero-order chi connectivity index (χ0) is 15.0. The van der Waals surface area contributed by atoms with Gasteiger partial charge in [-0.25, -0.2) is 4.98 Å². The molecule has 0 aliphatic heterocycles. The van der Waals surface area contributed by atoms with E-state index in [1.807, 2.05) is 6.07 Å². The maximum absolute atomic E-state index is 12.3. The van der Waals surface area contributed by atoms with Gasteiger partial charge in [0, 0.05) is 16.3 Å². The maximum Gasteiger partial charge on any atom is 0.255 e. The van der Waals surface area contributed by atoms with Gasteiger partial charge in [0.2, 0.25) is 0 Å². The SMILES string of the molecule is Nc1cc(Cl)cc(C(=O)Nc2c(Cl)ccc3scnc23)c1. The Morgan fingerprint density at radius 2 is 2.05 bits per heavy atom. The number of nitrogen functional groups attached to an aromatic ring is 1. The van der Waals surface area contributed by atoms with E-state index in [0.29, 0.717) is 32.5 Å². The van der Waals surface area contributed by atoms with E-state index in [0.717, 1.165) is 4.70 Å². The van der Waals surface area contributed by atoms with Crippen LogP contribution in [0.3, 0.4) is 0 Å². The molecule has 0 fully saturated rings. The normalized spacial score (nSPS) is 10.8. The predicted octanol–water partition coefficient (Wildman–Crippen LogP) is 4.44. The molecule has 0 aliphatic carbocycles. The average Bonchev–Trinajstić information content (AvgIpc) is 2.89. The summed E-state index contributed by atoms with van der Waals surface area (Å²) in [5, 5.41) is 3.60. The number of nitrogens with two attached hydrogens (primary N) is 1. The minimum absolute atomic E-state index is 0.341. The van der Waals surface area contributed by atoms with Crippen LogP contribution in [0, 0.1) is 0 Å². The fraction of sp³-hybridized carbons (Fsp3) is 0. The van der Waals surface area contributed by atoms with E-state index in [9.17, 15) is 4.79 Å². The molecule has 1 aromatic heterocycles. The second-order valence-electron chi connectivity index (χ2n) is 4.35. The van der Waals surface area contributed by atoms with E-state index < -0.39 is 0 Å². The van der Waals surface area contributed by atoms with Crippen LogP contribution in [-0.4, -0.2) is 10.9 Å². The molecule has 0 aliphatic rings. The van der Waals surface area contributed by atoms with Crippen LogP contribution in [0.5, 0.6) is 0 Å². The number of hydrogen-bond acceptors (Lipinski definition) is 4. The molecule has 7 heteroatoms. The van der Waals surface area contributed by atoms with Crippen LogP contribution in [0.2, 0.25) is 10.0 Å². The molecule has 0 spiro atoms. The molecule has 4 nitrogen and oxygen atoms in total. The van der Waals surface area contributed by atoms with Crippen LogP contribution >= 0.6 is 34.5 Å². The highest BCUT2D eigenvalue weighted by Gasteiger charge is 2.14. The Bertz CT molecular complexity index is 827. The zero-order valence-corrected chi connectivity index (χ0v) is 12.9. The van der Waals surface area contributed by atoms with Crippen molar-refractivity contribution < 1.29 is 4.79 Å². The van der Waals surface area contributed by atoms with Gasteiger partial charge in [-0.1, -0.05) is 23.2 Å². The molecule has 1 amide bonds. The molecule has 0 radical (unpaired) electrons. The van der Waals surface area contributed by atoms with Gasteiger partial charge in [0.25, 0.3) is 5.91 Å². The van der Waals surface area contributed by atoms with Gasteiger partial charge in [-0.05, 0) is 30.3 Å². The lowest BCUT2D eigenvalue weighted by atomic mass is 10.2. The average molecular weight is 338 g/mol. The fourth-order valence-corrected chi connectivity index (χ4v) is 3.08. The lowest BCUT2D eigenvalue weighted by Crippen LogP contribution is -2.13. The first-order valence-electron chi connectivity index (χ1n) is 5.94. The first-order valence-corrected chi connectivity index (χ1v) is 7.57. The summed E-state index contributed by atoms with van der Waals surface area (Å²) in [7, 11) is 0. The number of amides is 1. The summed E-state index contributed by atoms with van der Waals surface area (Å²) in [5.74, 6) is -0.341. The summed E-state index contributed by atoms with van der Waals surface area (Å²) in [4.78, 5) is 16.6. The van der Waals surface area contributed by atoms with Crippen molar-refractivity contribution in [3.8, 4) is 0 Å². The van der Waals surface area contributed by atoms with E-state index in [1.54, 1.807) is 29.8 Å². The predicted molar refractivity (Wildman–Crippen MR) is 88.4 cm³/mol. The first kappa shape index (κ1) is 14.1. The van der Waals surface area contributed by atoms with E-state index in [2.05, 4.69) is 10.3 Å². The van der Waals surface area contributed by atoms with Gasteiger partial charge in [-0.2, -0.15) is 0 Å². The third kappa shape index (κ3) is 2.81. The number of nitrogens with one attached hydrogen (secondary N) is 1. The Kier molecular flexibility index (Phi) is 3.71. The molecular formula is C14H9Cl2N3OS. The highest BCUT2D eigenvalue weighted by atomic mass is 35.5. The van der Waals surface area contributed by atoms with Crippen molar-refractivity contribution in [3.63, 3.8) is 0 Å².